The van der Waals surface area contributed by atoms with Gasteiger partial charge < -0.3 is 15.2 Å². The summed E-state index contributed by atoms with van der Waals surface area (Å²) in [5.41, 5.74) is 4.36. The maximum absolute atomic E-state index is 13.2. The lowest BCUT2D eigenvalue weighted by Gasteiger charge is -2.14. The number of nitrogens with zero attached hydrogens (tertiary/aromatic N) is 1. The lowest BCUT2D eigenvalue weighted by Crippen LogP contribution is -2.22. The molecule has 9 heteroatoms. The molecule has 1 aromatic heterocycles. The van der Waals surface area contributed by atoms with E-state index < -0.39 is 29.6 Å². The summed E-state index contributed by atoms with van der Waals surface area (Å²) >= 11 is 0. The van der Waals surface area contributed by atoms with Crippen molar-refractivity contribution in [2.24, 2.45) is 5.73 Å². The van der Waals surface area contributed by atoms with E-state index in [4.69, 9.17) is 5.73 Å². The summed E-state index contributed by atoms with van der Waals surface area (Å²) in [7, 11) is 0.929. The molecule has 0 atom stereocenters. The van der Waals surface area contributed by atoms with Crippen molar-refractivity contribution in [2.75, 3.05) is 7.11 Å². The van der Waals surface area contributed by atoms with Crippen molar-refractivity contribution >= 4 is 5.97 Å². The lowest BCUT2D eigenvalue weighted by molar-refractivity contribution is -0.275. The van der Waals surface area contributed by atoms with E-state index in [1.165, 1.54) is 0 Å². The number of pyridine rings is 1. The molecular formula is C9H8F4N2O3. The zero-order valence-electron chi connectivity index (χ0n) is 9.05. The zero-order chi connectivity index (χ0) is 13.9. The number of carbonyl (C=O) groups excluding carboxylic acids is 1. The Balaban J connectivity index is 3.41. The SMILES string of the molecule is COC(=O)c1c(CN)cnc(F)c1OC(F)(F)F. The Labute approximate surface area is 98.5 Å². The lowest BCUT2D eigenvalue weighted by atomic mass is 10.1. The Hall–Kier alpha value is -1.90. The van der Waals surface area contributed by atoms with Gasteiger partial charge in [0.25, 0.3) is 5.95 Å². The van der Waals surface area contributed by atoms with Gasteiger partial charge in [0.2, 0.25) is 0 Å². The number of nitrogens with two attached hydrogens (primary N) is 1. The minimum atomic E-state index is -5.17. The first-order valence-corrected chi connectivity index (χ1v) is 4.51. The van der Waals surface area contributed by atoms with Crippen molar-refractivity contribution in [2.45, 2.75) is 12.9 Å². The fraction of sp³-hybridized carbons (Fsp3) is 0.333. The molecule has 0 aliphatic heterocycles. The van der Waals surface area contributed by atoms with Crippen LogP contribution >= 0.6 is 0 Å². The van der Waals surface area contributed by atoms with Gasteiger partial charge in [-0.2, -0.15) is 4.39 Å². The van der Waals surface area contributed by atoms with Crippen LogP contribution in [-0.4, -0.2) is 24.4 Å². The summed E-state index contributed by atoms with van der Waals surface area (Å²) in [5.74, 6) is -4.13. The molecule has 1 rings (SSSR count). The fourth-order valence-corrected chi connectivity index (χ4v) is 1.20. The smallest absolute Gasteiger partial charge is 0.465 e. The number of hydrogen-bond acceptors (Lipinski definition) is 5. The number of methoxy groups -OCH3 is 1. The predicted octanol–water partition coefficient (Wildman–Crippen LogP) is 1.36. The van der Waals surface area contributed by atoms with Gasteiger partial charge in [-0.1, -0.05) is 0 Å². The number of aromatic nitrogens is 1. The highest BCUT2D eigenvalue weighted by Crippen LogP contribution is 2.30. The summed E-state index contributed by atoms with van der Waals surface area (Å²) in [6.07, 6.45) is -4.33. The van der Waals surface area contributed by atoms with Crippen molar-refractivity contribution < 1.29 is 31.8 Å². The molecule has 100 valence electrons. The number of esters is 1. The quantitative estimate of drug-likeness (QED) is 0.509. The van der Waals surface area contributed by atoms with E-state index in [-0.39, 0.29) is 12.1 Å². The molecule has 0 saturated carbocycles. The number of hydrogen-bond donors (Lipinski definition) is 1. The van der Waals surface area contributed by atoms with E-state index in [0.717, 1.165) is 13.3 Å². The van der Waals surface area contributed by atoms with Gasteiger partial charge in [0.15, 0.2) is 5.75 Å². The Morgan fingerprint density at radius 1 is 1.50 bits per heavy atom. The third-order valence-electron chi connectivity index (χ3n) is 1.90. The van der Waals surface area contributed by atoms with Gasteiger partial charge in [-0.25, -0.2) is 9.78 Å². The molecule has 0 aromatic carbocycles. The molecule has 0 bridgehead atoms. The van der Waals surface area contributed by atoms with Crippen molar-refractivity contribution in [1.82, 2.24) is 4.98 Å². The first kappa shape index (κ1) is 14.2. The molecule has 0 unspecified atom stereocenters. The Morgan fingerprint density at radius 2 is 2.11 bits per heavy atom. The van der Waals surface area contributed by atoms with Gasteiger partial charge in [-0.15, -0.1) is 13.2 Å². The second-order valence-electron chi connectivity index (χ2n) is 3.02. The standard InChI is InChI=1S/C9H8F4N2O3/c1-17-8(16)5-4(2-14)3-15-7(10)6(5)18-9(11,12)13/h3H,2,14H2,1H3. The highest BCUT2D eigenvalue weighted by atomic mass is 19.4. The topological polar surface area (TPSA) is 74.4 Å². The van der Waals surface area contributed by atoms with Gasteiger partial charge in [0.05, 0.1) is 7.11 Å². The van der Waals surface area contributed by atoms with E-state index in [0.29, 0.717) is 0 Å². The van der Waals surface area contributed by atoms with E-state index in [2.05, 4.69) is 14.5 Å². The second-order valence-corrected chi connectivity index (χ2v) is 3.02. The number of halogens is 4. The molecule has 2 N–H and O–H groups in total. The minimum Gasteiger partial charge on any atom is -0.465 e. The van der Waals surface area contributed by atoms with Gasteiger partial charge >= 0.3 is 12.3 Å². The second kappa shape index (κ2) is 5.17. The first-order chi connectivity index (χ1) is 8.30. The summed E-state index contributed by atoms with van der Waals surface area (Å²) in [6.45, 7) is -0.327. The van der Waals surface area contributed by atoms with Gasteiger partial charge in [-0.05, 0) is 0 Å². The van der Waals surface area contributed by atoms with Crippen LogP contribution in [0.2, 0.25) is 0 Å². The van der Waals surface area contributed by atoms with Crippen molar-refractivity contribution in [3.63, 3.8) is 0 Å². The van der Waals surface area contributed by atoms with Crippen LogP contribution in [-0.2, 0) is 11.3 Å². The molecule has 0 aliphatic carbocycles. The number of alkyl halides is 3. The number of ether oxygens (including phenoxy) is 2. The van der Waals surface area contributed by atoms with Crippen LogP contribution < -0.4 is 10.5 Å². The van der Waals surface area contributed by atoms with E-state index in [9.17, 15) is 22.4 Å². The number of rotatable bonds is 3. The summed E-state index contributed by atoms with van der Waals surface area (Å²) in [4.78, 5) is 14.4. The molecule has 0 saturated heterocycles. The normalized spacial score (nSPS) is 11.2. The largest absolute Gasteiger partial charge is 0.573 e. The summed E-state index contributed by atoms with van der Waals surface area (Å²) in [5, 5.41) is 0. The van der Waals surface area contributed by atoms with Crippen LogP contribution in [0, 0.1) is 5.95 Å². The summed E-state index contributed by atoms with van der Waals surface area (Å²) in [6, 6.07) is 0. The van der Waals surface area contributed by atoms with Crippen LogP contribution in [0.5, 0.6) is 5.75 Å². The Kier molecular flexibility index (Phi) is 4.07. The third kappa shape index (κ3) is 3.06. The van der Waals surface area contributed by atoms with Gasteiger partial charge in [0, 0.05) is 18.3 Å². The molecule has 0 radical (unpaired) electrons. The molecule has 18 heavy (non-hydrogen) atoms. The molecule has 1 aromatic rings. The van der Waals surface area contributed by atoms with Crippen molar-refractivity contribution in [3.05, 3.63) is 23.3 Å². The van der Waals surface area contributed by atoms with Gasteiger partial charge in [0.1, 0.15) is 5.56 Å². The number of carbonyl (C=O) groups is 1. The highest BCUT2D eigenvalue weighted by molar-refractivity contribution is 5.94. The van der Waals surface area contributed by atoms with E-state index in [1.54, 1.807) is 0 Å². The van der Waals surface area contributed by atoms with Crippen LogP contribution in [0.25, 0.3) is 0 Å². The van der Waals surface area contributed by atoms with Crippen molar-refractivity contribution in [3.8, 4) is 5.75 Å². The van der Waals surface area contributed by atoms with Gasteiger partial charge in [-0.3, -0.25) is 0 Å². The monoisotopic (exact) mass is 268 g/mol. The first-order valence-electron chi connectivity index (χ1n) is 4.51. The van der Waals surface area contributed by atoms with E-state index in [1.807, 2.05) is 0 Å². The van der Waals surface area contributed by atoms with Crippen LogP contribution in [0.1, 0.15) is 15.9 Å². The molecule has 5 nitrogen and oxygen atoms in total. The Morgan fingerprint density at radius 3 is 2.56 bits per heavy atom. The predicted molar refractivity (Wildman–Crippen MR) is 50.1 cm³/mol. The molecule has 0 fully saturated rings. The molecule has 0 aliphatic rings. The van der Waals surface area contributed by atoms with Crippen molar-refractivity contribution in [1.29, 1.82) is 0 Å². The molecular weight excluding hydrogens is 260 g/mol. The zero-order valence-corrected chi connectivity index (χ0v) is 9.05. The van der Waals surface area contributed by atoms with Crippen LogP contribution in [0.4, 0.5) is 17.6 Å². The Bertz CT molecular complexity index is 462. The maximum atomic E-state index is 13.2. The third-order valence-corrected chi connectivity index (χ3v) is 1.90. The molecule has 0 amide bonds. The average molecular weight is 268 g/mol. The average Bonchev–Trinajstić information content (AvgIpc) is 2.29. The highest BCUT2D eigenvalue weighted by Gasteiger charge is 2.36. The van der Waals surface area contributed by atoms with Crippen LogP contribution in [0.15, 0.2) is 6.20 Å². The summed E-state index contributed by atoms with van der Waals surface area (Å²) < 4.78 is 57.2. The fourth-order valence-electron chi connectivity index (χ4n) is 1.20. The van der Waals surface area contributed by atoms with E-state index >= 15 is 0 Å². The maximum Gasteiger partial charge on any atom is 0.573 e. The molecule has 1 heterocycles. The molecule has 0 spiro atoms. The minimum absolute atomic E-state index is 0.123. The van der Waals surface area contributed by atoms with Crippen LogP contribution in [0.3, 0.4) is 0 Å².